The number of anilines is 3. The number of benzene rings is 8. The third-order valence-corrected chi connectivity index (χ3v) is 10.8. The fourth-order valence-electron chi connectivity index (χ4n) is 7.28. The van der Waals surface area contributed by atoms with E-state index in [1.54, 1.807) is 0 Å². The number of thiophene rings is 1. The molecule has 0 amide bonds. The maximum absolute atomic E-state index is 6.78. The molecular formula is C46H29NOS. The van der Waals surface area contributed by atoms with E-state index in [2.05, 4.69) is 175 Å². The average Bonchev–Trinajstić information content (AvgIpc) is 3.74. The van der Waals surface area contributed by atoms with Crippen LogP contribution in [0.2, 0.25) is 0 Å². The second kappa shape index (κ2) is 11.2. The Balaban J connectivity index is 1.20. The second-order valence-corrected chi connectivity index (χ2v) is 13.6. The molecular weight excluding hydrogens is 615 g/mol. The number of hydrogen-bond donors (Lipinski definition) is 0. The van der Waals surface area contributed by atoms with Crippen molar-refractivity contribution in [3.05, 3.63) is 176 Å². The zero-order valence-corrected chi connectivity index (χ0v) is 27.3. The van der Waals surface area contributed by atoms with E-state index in [0.717, 1.165) is 50.1 Å². The summed E-state index contributed by atoms with van der Waals surface area (Å²) in [6, 6.07) is 63.2. The molecule has 0 spiro atoms. The highest BCUT2D eigenvalue weighted by atomic mass is 32.1. The average molecular weight is 644 g/mol. The summed E-state index contributed by atoms with van der Waals surface area (Å²) in [7, 11) is 0. The normalized spacial score (nSPS) is 11.7. The van der Waals surface area contributed by atoms with Crippen molar-refractivity contribution in [1.29, 1.82) is 0 Å². The van der Waals surface area contributed by atoms with Crippen molar-refractivity contribution in [2.75, 3.05) is 4.90 Å². The summed E-state index contributed by atoms with van der Waals surface area (Å²) in [6.07, 6.45) is 0. The zero-order chi connectivity index (χ0) is 32.3. The van der Waals surface area contributed by atoms with E-state index in [0.29, 0.717) is 0 Å². The number of rotatable bonds is 5. The van der Waals surface area contributed by atoms with Gasteiger partial charge in [-0.1, -0.05) is 127 Å². The molecule has 3 heteroatoms. The van der Waals surface area contributed by atoms with Crippen LogP contribution in [-0.2, 0) is 0 Å². The van der Waals surface area contributed by atoms with E-state index in [1.165, 1.54) is 42.1 Å². The number of nitrogens with zero attached hydrogens (tertiary/aromatic N) is 1. The first-order valence-corrected chi connectivity index (χ1v) is 17.4. The van der Waals surface area contributed by atoms with E-state index in [9.17, 15) is 0 Å². The Kier molecular flexibility index (Phi) is 6.39. The molecule has 2 nitrogen and oxygen atoms in total. The molecule has 0 bridgehead atoms. The van der Waals surface area contributed by atoms with Crippen LogP contribution in [0, 0.1) is 0 Å². The van der Waals surface area contributed by atoms with Crippen molar-refractivity contribution in [2.45, 2.75) is 0 Å². The Morgan fingerprint density at radius 3 is 1.96 bits per heavy atom. The van der Waals surface area contributed by atoms with Crippen molar-refractivity contribution < 1.29 is 4.42 Å². The molecule has 10 aromatic rings. The van der Waals surface area contributed by atoms with Gasteiger partial charge in [0.15, 0.2) is 5.58 Å². The molecule has 2 heterocycles. The zero-order valence-electron chi connectivity index (χ0n) is 26.5. The summed E-state index contributed by atoms with van der Waals surface area (Å²) >= 11 is 1.86. The van der Waals surface area contributed by atoms with E-state index in [4.69, 9.17) is 4.42 Å². The first-order valence-electron chi connectivity index (χ1n) is 16.6. The highest BCUT2D eigenvalue weighted by molar-refractivity contribution is 7.25. The molecule has 0 fully saturated rings. The maximum Gasteiger partial charge on any atom is 0.160 e. The maximum atomic E-state index is 6.78. The highest BCUT2D eigenvalue weighted by Gasteiger charge is 2.24. The molecule has 2 aromatic heterocycles. The minimum atomic E-state index is 0.870. The van der Waals surface area contributed by atoms with Crippen LogP contribution in [-0.4, -0.2) is 0 Å². The number of furan rings is 1. The molecule has 10 rings (SSSR count). The van der Waals surface area contributed by atoms with Gasteiger partial charge < -0.3 is 9.32 Å². The van der Waals surface area contributed by atoms with Gasteiger partial charge in [-0.25, -0.2) is 0 Å². The smallest absolute Gasteiger partial charge is 0.160 e. The van der Waals surface area contributed by atoms with Gasteiger partial charge in [-0.3, -0.25) is 0 Å². The lowest BCUT2D eigenvalue weighted by atomic mass is 9.98. The molecule has 0 saturated carbocycles. The molecule has 0 aliphatic heterocycles. The highest BCUT2D eigenvalue weighted by Crippen LogP contribution is 2.48. The lowest BCUT2D eigenvalue weighted by molar-refractivity contribution is 0.669. The Bertz CT molecular complexity index is 2830. The molecule has 0 radical (unpaired) electrons. The first kappa shape index (κ1) is 27.9. The van der Waals surface area contributed by atoms with Crippen LogP contribution in [0.1, 0.15) is 0 Å². The van der Waals surface area contributed by atoms with Gasteiger partial charge in [-0.2, -0.15) is 0 Å². The van der Waals surface area contributed by atoms with Gasteiger partial charge in [-0.15, -0.1) is 11.3 Å². The lowest BCUT2D eigenvalue weighted by Crippen LogP contribution is -2.11. The van der Waals surface area contributed by atoms with Crippen molar-refractivity contribution >= 4 is 81.3 Å². The summed E-state index contributed by atoms with van der Waals surface area (Å²) in [4.78, 5) is 2.37. The van der Waals surface area contributed by atoms with Gasteiger partial charge in [-0.05, 0) is 76.0 Å². The van der Waals surface area contributed by atoms with Crippen LogP contribution in [0.5, 0.6) is 0 Å². The van der Waals surface area contributed by atoms with E-state index < -0.39 is 0 Å². The molecule has 8 aromatic carbocycles. The molecule has 0 atom stereocenters. The number of hydrogen-bond acceptors (Lipinski definition) is 3. The molecule has 49 heavy (non-hydrogen) atoms. The summed E-state index contributed by atoms with van der Waals surface area (Å²) in [5.74, 6) is 0. The minimum Gasteiger partial charge on any atom is -0.454 e. The summed E-state index contributed by atoms with van der Waals surface area (Å²) in [5, 5.41) is 7.26. The summed E-state index contributed by atoms with van der Waals surface area (Å²) in [6.45, 7) is 0. The van der Waals surface area contributed by atoms with Gasteiger partial charge in [0.2, 0.25) is 0 Å². The monoisotopic (exact) mass is 643 g/mol. The van der Waals surface area contributed by atoms with Gasteiger partial charge >= 0.3 is 0 Å². The fourth-order valence-corrected chi connectivity index (χ4v) is 8.42. The molecule has 0 N–H and O–H groups in total. The van der Waals surface area contributed by atoms with Gasteiger partial charge in [0.05, 0.1) is 5.69 Å². The Morgan fingerprint density at radius 1 is 0.408 bits per heavy atom. The van der Waals surface area contributed by atoms with Crippen LogP contribution < -0.4 is 4.90 Å². The Morgan fingerprint density at radius 2 is 1.08 bits per heavy atom. The molecule has 0 saturated heterocycles. The van der Waals surface area contributed by atoms with E-state index >= 15 is 0 Å². The molecule has 230 valence electrons. The molecule has 0 aliphatic rings. The Hall–Kier alpha value is -6.16. The van der Waals surface area contributed by atoms with Crippen molar-refractivity contribution in [1.82, 2.24) is 0 Å². The van der Waals surface area contributed by atoms with Crippen LogP contribution in [0.3, 0.4) is 0 Å². The third kappa shape index (κ3) is 4.62. The molecule has 0 aliphatic carbocycles. The predicted octanol–water partition coefficient (Wildman–Crippen LogP) is 13.9. The van der Waals surface area contributed by atoms with Crippen LogP contribution in [0.4, 0.5) is 17.1 Å². The van der Waals surface area contributed by atoms with Crippen molar-refractivity contribution in [2.24, 2.45) is 0 Å². The van der Waals surface area contributed by atoms with Crippen LogP contribution in [0.15, 0.2) is 180 Å². The van der Waals surface area contributed by atoms with Crippen LogP contribution in [0.25, 0.3) is 75.1 Å². The SMILES string of the molecule is c1ccc(-c2ccc3c(oc4ccccc43)c2N(c2ccc(-c3ccc4c(c3)sc3ccccc34)cc2)c2ccc3ccccc3c2)cc1. The largest absolute Gasteiger partial charge is 0.454 e. The molecule has 0 unspecified atom stereocenters. The summed E-state index contributed by atoms with van der Waals surface area (Å²) < 4.78 is 9.41. The lowest BCUT2D eigenvalue weighted by Gasteiger charge is -2.28. The van der Waals surface area contributed by atoms with Gasteiger partial charge in [0.25, 0.3) is 0 Å². The summed E-state index contributed by atoms with van der Waals surface area (Å²) in [5.41, 5.74) is 9.56. The second-order valence-electron chi connectivity index (χ2n) is 12.5. The quantitative estimate of drug-likeness (QED) is 0.186. The van der Waals surface area contributed by atoms with E-state index in [1.807, 2.05) is 17.4 Å². The van der Waals surface area contributed by atoms with Crippen molar-refractivity contribution in [3.8, 4) is 22.3 Å². The first-order chi connectivity index (χ1) is 24.3. The minimum absolute atomic E-state index is 0.870. The van der Waals surface area contributed by atoms with Gasteiger partial charge in [0, 0.05) is 47.9 Å². The number of fused-ring (bicyclic) bond motifs is 7. The fraction of sp³-hybridized carbons (Fsp3) is 0. The van der Waals surface area contributed by atoms with Crippen molar-refractivity contribution in [3.63, 3.8) is 0 Å². The topological polar surface area (TPSA) is 16.4 Å². The Labute approximate surface area is 287 Å². The van der Waals surface area contributed by atoms with Crippen LogP contribution >= 0.6 is 11.3 Å². The predicted molar refractivity (Wildman–Crippen MR) is 210 cm³/mol. The van der Waals surface area contributed by atoms with Gasteiger partial charge in [0.1, 0.15) is 5.58 Å². The third-order valence-electron chi connectivity index (χ3n) is 9.66. The van der Waals surface area contributed by atoms with E-state index in [-0.39, 0.29) is 0 Å². The standard InChI is InChI=1S/C46H29NOS/c1-2-11-32(12-3-1)37-26-27-41-38-14-6-8-16-42(38)48-46(41)45(37)47(36-24-20-30-10-4-5-13-33(30)28-36)35-22-18-31(19-23-35)34-21-25-40-39-15-7-9-17-43(39)49-44(40)29-34/h1-29H. The number of para-hydroxylation sites is 1.